The lowest BCUT2D eigenvalue weighted by Crippen LogP contribution is -2.47. The van der Waals surface area contributed by atoms with Crippen LogP contribution in [-0.2, 0) is 23.2 Å². The molecule has 146 valence electrons. The first kappa shape index (κ1) is 19.0. The van der Waals surface area contributed by atoms with E-state index in [2.05, 4.69) is 17.9 Å². The molecule has 0 radical (unpaired) electrons. The summed E-state index contributed by atoms with van der Waals surface area (Å²) in [7, 11) is 0. The van der Waals surface area contributed by atoms with E-state index in [0.29, 0.717) is 12.1 Å². The molecule has 3 heterocycles. The average molecular weight is 393 g/mol. The third-order valence-corrected chi connectivity index (χ3v) is 7.17. The summed E-state index contributed by atoms with van der Waals surface area (Å²) in [5.74, 6) is -1.81. The van der Waals surface area contributed by atoms with Gasteiger partial charge in [-0.2, -0.15) is 0 Å². The van der Waals surface area contributed by atoms with Crippen LogP contribution in [0.25, 0.3) is 0 Å². The van der Waals surface area contributed by atoms with E-state index in [1.54, 1.807) is 0 Å². The van der Waals surface area contributed by atoms with Crippen molar-refractivity contribution in [2.45, 2.75) is 44.3 Å². The lowest BCUT2D eigenvalue weighted by Gasteiger charge is -2.44. The van der Waals surface area contributed by atoms with Crippen molar-refractivity contribution in [3.63, 3.8) is 0 Å². The van der Waals surface area contributed by atoms with Crippen molar-refractivity contribution in [2.75, 3.05) is 26.2 Å². The summed E-state index contributed by atoms with van der Waals surface area (Å²) in [4.78, 5) is 5.07. The summed E-state index contributed by atoms with van der Waals surface area (Å²) in [5.41, 5.74) is 1.59. The Bertz CT molecular complexity index is 815. The van der Waals surface area contributed by atoms with Gasteiger partial charge in [0.25, 0.3) is 0 Å². The van der Waals surface area contributed by atoms with Crippen LogP contribution in [-0.4, -0.2) is 36.2 Å². The van der Waals surface area contributed by atoms with Crippen LogP contribution in [0.5, 0.6) is 0 Å². The van der Waals surface area contributed by atoms with Gasteiger partial charge in [0.05, 0.1) is 18.3 Å². The van der Waals surface area contributed by atoms with E-state index in [1.807, 2.05) is 11.3 Å². The number of nitrogens with zero attached hydrogens (tertiary/aromatic N) is 1. The number of piperidine rings is 1. The maximum absolute atomic E-state index is 13.4. The molecule has 1 fully saturated rings. The Hall–Kier alpha value is -1.34. The summed E-state index contributed by atoms with van der Waals surface area (Å²) in [6.45, 7) is 5.01. The molecular weight excluding hydrogens is 368 g/mol. The number of fused-ring (bicyclic) bond motifs is 2. The molecule has 1 N–H and O–H groups in total. The second-order valence-electron chi connectivity index (χ2n) is 7.49. The van der Waals surface area contributed by atoms with Gasteiger partial charge < -0.3 is 14.7 Å². The van der Waals surface area contributed by atoms with Crippen molar-refractivity contribution in [1.29, 1.82) is 0 Å². The minimum Gasteiger partial charge on any atom is -0.387 e. The molecule has 2 aliphatic heterocycles. The summed E-state index contributed by atoms with van der Waals surface area (Å²) in [5, 5.41) is 10.4. The normalized spacial score (nSPS) is 20.6. The van der Waals surface area contributed by atoms with Crippen LogP contribution >= 0.6 is 11.3 Å². The van der Waals surface area contributed by atoms with E-state index >= 15 is 0 Å². The first-order chi connectivity index (χ1) is 13.0. The van der Waals surface area contributed by atoms with Crippen LogP contribution in [0.2, 0.25) is 0 Å². The molecule has 27 heavy (non-hydrogen) atoms. The van der Waals surface area contributed by atoms with Gasteiger partial charge in [-0.3, -0.25) is 0 Å². The Balaban J connectivity index is 1.42. The standard InChI is InChI=1S/C21H25F2NO2S/c1-2-15-12-16-20(27-15)5-10-26-21(16)6-8-24(9-7-21)13-19(25)14-3-4-17(22)18(23)11-14/h3-4,11-12,19,25H,2,5-10,13H2,1H3. The molecule has 2 aromatic rings. The molecule has 1 aromatic carbocycles. The van der Waals surface area contributed by atoms with Crippen LogP contribution in [0, 0.1) is 11.6 Å². The van der Waals surface area contributed by atoms with E-state index in [-0.39, 0.29) is 5.60 Å². The molecule has 1 spiro atoms. The van der Waals surface area contributed by atoms with Crippen molar-refractivity contribution in [3.05, 3.63) is 56.8 Å². The Morgan fingerprint density at radius 2 is 2.00 bits per heavy atom. The third kappa shape index (κ3) is 3.68. The maximum Gasteiger partial charge on any atom is 0.159 e. The Morgan fingerprint density at radius 3 is 2.70 bits per heavy atom. The topological polar surface area (TPSA) is 32.7 Å². The van der Waals surface area contributed by atoms with Gasteiger partial charge >= 0.3 is 0 Å². The molecule has 0 amide bonds. The lowest BCUT2D eigenvalue weighted by atomic mass is 9.82. The van der Waals surface area contributed by atoms with Crippen molar-refractivity contribution in [2.24, 2.45) is 0 Å². The average Bonchev–Trinajstić information content (AvgIpc) is 3.11. The highest BCUT2D eigenvalue weighted by atomic mass is 32.1. The number of thiophene rings is 1. The van der Waals surface area contributed by atoms with Gasteiger partial charge in [0.15, 0.2) is 11.6 Å². The first-order valence-electron chi connectivity index (χ1n) is 9.62. The van der Waals surface area contributed by atoms with Crippen LogP contribution in [0.15, 0.2) is 24.3 Å². The number of hydrogen-bond acceptors (Lipinski definition) is 4. The van der Waals surface area contributed by atoms with E-state index in [0.717, 1.165) is 57.5 Å². The zero-order valence-corrected chi connectivity index (χ0v) is 16.3. The summed E-state index contributed by atoms with van der Waals surface area (Å²) in [6.07, 6.45) is 3.01. The van der Waals surface area contributed by atoms with Gasteiger partial charge in [0, 0.05) is 35.8 Å². The van der Waals surface area contributed by atoms with Crippen LogP contribution < -0.4 is 0 Å². The van der Waals surface area contributed by atoms with Crippen molar-refractivity contribution in [1.82, 2.24) is 4.90 Å². The Labute approximate surface area is 162 Å². The highest BCUT2D eigenvalue weighted by Gasteiger charge is 2.42. The summed E-state index contributed by atoms with van der Waals surface area (Å²) >= 11 is 1.91. The van der Waals surface area contributed by atoms with Gasteiger partial charge in [-0.05, 0) is 48.6 Å². The fourth-order valence-corrected chi connectivity index (χ4v) is 5.40. The molecule has 0 aliphatic carbocycles. The number of hydrogen-bond donors (Lipinski definition) is 1. The number of benzene rings is 1. The predicted molar refractivity (Wildman–Crippen MR) is 102 cm³/mol. The molecule has 6 heteroatoms. The van der Waals surface area contributed by atoms with E-state index in [4.69, 9.17) is 4.74 Å². The first-order valence-corrected chi connectivity index (χ1v) is 10.4. The molecule has 0 saturated carbocycles. The fraction of sp³-hybridized carbons (Fsp3) is 0.524. The van der Waals surface area contributed by atoms with Gasteiger partial charge in [0.2, 0.25) is 0 Å². The SMILES string of the molecule is CCc1cc2c(s1)CCOC21CCN(CC(O)c2ccc(F)c(F)c2)CC1. The molecule has 4 rings (SSSR count). The molecular formula is C21H25F2NO2S. The Kier molecular flexibility index (Phi) is 5.34. The quantitative estimate of drug-likeness (QED) is 0.846. The highest BCUT2D eigenvalue weighted by Crippen LogP contribution is 2.44. The van der Waals surface area contributed by atoms with Gasteiger partial charge in [-0.15, -0.1) is 11.3 Å². The molecule has 1 aromatic heterocycles. The third-order valence-electron chi connectivity index (χ3n) is 5.83. The number of aryl methyl sites for hydroxylation is 1. The molecule has 1 atom stereocenters. The predicted octanol–water partition coefficient (Wildman–Crippen LogP) is 4.19. The zero-order valence-electron chi connectivity index (χ0n) is 15.5. The number of ether oxygens (including phenoxy) is 1. The summed E-state index contributed by atoms with van der Waals surface area (Å²) in [6, 6.07) is 5.92. The van der Waals surface area contributed by atoms with Crippen LogP contribution in [0.1, 0.15) is 46.8 Å². The van der Waals surface area contributed by atoms with Gasteiger partial charge in [-0.25, -0.2) is 8.78 Å². The number of β-amino-alcohol motifs (C(OH)–C–C–N with tert-alkyl or cyclic N) is 1. The number of aliphatic hydroxyl groups excluding tert-OH is 1. The van der Waals surface area contributed by atoms with Gasteiger partial charge in [-0.1, -0.05) is 13.0 Å². The van der Waals surface area contributed by atoms with E-state index in [1.165, 1.54) is 21.4 Å². The largest absolute Gasteiger partial charge is 0.387 e. The van der Waals surface area contributed by atoms with E-state index in [9.17, 15) is 13.9 Å². The molecule has 1 unspecified atom stereocenters. The number of rotatable bonds is 4. The highest BCUT2D eigenvalue weighted by molar-refractivity contribution is 7.12. The number of likely N-dealkylation sites (tertiary alicyclic amines) is 1. The molecule has 1 saturated heterocycles. The van der Waals surface area contributed by atoms with Gasteiger partial charge in [0.1, 0.15) is 0 Å². The van der Waals surface area contributed by atoms with Crippen molar-refractivity contribution < 1.29 is 18.6 Å². The van der Waals surface area contributed by atoms with Crippen molar-refractivity contribution >= 4 is 11.3 Å². The Morgan fingerprint density at radius 1 is 1.22 bits per heavy atom. The lowest BCUT2D eigenvalue weighted by molar-refractivity contribution is -0.100. The van der Waals surface area contributed by atoms with E-state index < -0.39 is 17.7 Å². The minimum atomic E-state index is -0.920. The maximum atomic E-state index is 13.4. The van der Waals surface area contributed by atoms with Crippen LogP contribution in [0.3, 0.4) is 0 Å². The monoisotopic (exact) mass is 393 g/mol. The molecule has 0 bridgehead atoms. The second-order valence-corrected chi connectivity index (χ2v) is 8.71. The summed E-state index contributed by atoms with van der Waals surface area (Å²) < 4.78 is 32.8. The number of aliphatic hydroxyl groups is 1. The van der Waals surface area contributed by atoms with Crippen molar-refractivity contribution in [3.8, 4) is 0 Å². The second kappa shape index (κ2) is 7.59. The molecule has 2 aliphatic rings. The number of halogens is 2. The molecule has 3 nitrogen and oxygen atoms in total. The fourth-order valence-electron chi connectivity index (χ4n) is 4.23. The smallest absolute Gasteiger partial charge is 0.159 e. The zero-order chi connectivity index (χ0) is 19.0. The van der Waals surface area contributed by atoms with Crippen LogP contribution in [0.4, 0.5) is 8.78 Å². The minimum absolute atomic E-state index is 0.194.